The van der Waals surface area contributed by atoms with E-state index < -0.39 is 0 Å². The number of anilines is 2. The molecule has 0 unspecified atom stereocenters. The van der Waals surface area contributed by atoms with Crippen LogP contribution in [0.25, 0.3) is 22.3 Å². The number of hydrogen-bond donors (Lipinski definition) is 0. The van der Waals surface area contributed by atoms with Crippen molar-refractivity contribution in [3.8, 4) is 11.3 Å². The van der Waals surface area contributed by atoms with E-state index in [0.717, 1.165) is 47.1 Å². The number of fused-ring (bicyclic) bond motifs is 1. The summed E-state index contributed by atoms with van der Waals surface area (Å²) in [5.41, 5.74) is 4.00. The highest BCUT2D eigenvalue weighted by atomic mass is 16.5. The van der Waals surface area contributed by atoms with E-state index in [-0.39, 0.29) is 12.1 Å². The van der Waals surface area contributed by atoms with Gasteiger partial charge in [-0.2, -0.15) is 9.97 Å². The number of morpholine rings is 2. The Balaban J connectivity index is 1.67. The maximum Gasteiger partial charge on any atom is 0.229 e. The topological polar surface area (TPSA) is 63.6 Å². The number of pyridine rings is 1. The molecule has 0 amide bonds. The molecule has 4 heterocycles. The van der Waals surface area contributed by atoms with Crippen molar-refractivity contribution in [2.75, 3.05) is 49.3 Å². The molecule has 2 saturated heterocycles. The van der Waals surface area contributed by atoms with Crippen molar-refractivity contribution in [1.82, 2.24) is 15.0 Å². The third-order valence-electron chi connectivity index (χ3n) is 6.21. The fourth-order valence-corrected chi connectivity index (χ4v) is 4.41. The number of hydrogen-bond acceptors (Lipinski definition) is 7. The lowest BCUT2D eigenvalue weighted by atomic mass is 10.0. The highest BCUT2D eigenvalue weighted by molar-refractivity contribution is 5.90. The van der Waals surface area contributed by atoms with Gasteiger partial charge >= 0.3 is 0 Å². The monoisotopic (exact) mass is 419 g/mol. The second-order valence-electron chi connectivity index (χ2n) is 8.46. The van der Waals surface area contributed by atoms with Gasteiger partial charge in [-0.25, -0.2) is 4.98 Å². The first kappa shape index (κ1) is 20.2. The van der Waals surface area contributed by atoms with Crippen molar-refractivity contribution in [1.29, 1.82) is 0 Å². The smallest absolute Gasteiger partial charge is 0.229 e. The summed E-state index contributed by atoms with van der Waals surface area (Å²) in [4.78, 5) is 19.6. The average Bonchev–Trinajstić information content (AvgIpc) is 2.79. The number of nitrogens with zero attached hydrogens (tertiary/aromatic N) is 5. The molecule has 7 heteroatoms. The molecule has 31 heavy (non-hydrogen) atoms. The minimum atomic E-state index is 0.223. The van der Waals surface area contributed by atoms with E-state index in [4.69, 9.17) is 24.4 Å². The Morgan fingerprint density at radius 1 is 0.839 bits per heavy atom. The molecule has 2 aliphatic heterocycles. The lowest BCUT2D eigenvalue weighted by Crippen LogP contribution is -2.46. The number of ether oxygens (including phenoxy) is 2. The molecule has 0 aliphatic carbocycles. The summed E-state index contributed by atoms with van der Waals surface area (Å²) in [7, 11) is 0. The van der Waals surface area contributed by atoms with Gasteiger partial charge in [0.05, 0.1) is 49.6 Å². The first-order valence-corrected chi connectivity index (χ1v) is 11.1. The first-order chi connectivity index (χ1) is 15.1. The molecule has 2 atom stereocenters. The summed E-state index contributed by atoms with van der Waals surface area (Å²) in [5, 5.41) is 0.982. The van der Waals surface area contributed by atoms with E-state index >= 15 is 0 Å². The van der Waals surface area contributed by atoms with Gasteiger partial charge in [0.15, 0.2) is 5.65 Å². The van der Waals surface area contributed by atoms with Crippen LogP contribution in [0.15, 0.2) is 36.4 Å². The third kappa shape index (κ3) is 3.83. The maximum atomic E-state index is 5.67. The molecule has 0 bridgehead atoms. The van der Waals surface area contributed by atoms with Crippen LogP contribution in [0.3, 0.4) is 0 Å². The summed E-state index contributed by atoms with van der Waals surface area (Å²) < 4.78 is 11.3. The van der Waals surface area contributed by atoms with Crippen LogP contribution < -0.4 is 9.80 Å². The van der Waals surface area contributed by atoms with Gasteiger partial charge in [-0.15, -0.1) is 0 Å². The van der Waals surface area contributed by atoms with Gasteiger partial charge in [0.25, 0.3) is 0 Å². The Morgan fingerprint density at radius 3 is 2.26 bits per heavy atom. The van der Waals surface area contributed by atoms with E-state index in [1.54, 1.807) is 0 Å². The predicted molar refractivity (Wildman–Crippen MR) is 123 cm³/mol. The second-order valence-corrected chi connectivity index (χ2v) is 8.46. The third-order valence-corrected chi connectivity index (χ3v) is 6.21. The van der Waals surface area contributed by atoms with E-state index in [0.29, 0.717) is 26.4 Å². The molecule has 3 aromatic rings. The van der Waals surface area contributed by atoms with Gasteiger partial charge in [-0.3, -0.25) is 0 Å². The van der Waals surface area contributed by atoms with Crippen molar-refractivity contribution in [3.63, 3.8) is 0 Å². The number of rotatable bonds is 3. The lowest BCUT2D eigenvalue weighted by Gasteiger charge is -2.37. The Labute approximate surface area is 183 Å². The van der Waals surface area contributed by atoms with Crippen molar-refractivity contribution >= 4 is 22.8 Å². The minimum Gasteiger partial charge on any atom is -0.377 e. The molecule has 0 saturated carbocycles. The van der Waals surface area contributed by atoms with Crippen LogP contribution in [0.1, 0.15) is 19.4 Å². The molecule has 5 rings (SSSR count). The number of aryl methyl sites for hydroxylation is 1. The first-order valence-electron chi connectivity index (χ1n) is 11.1. The molecule has 2 aromatic heterocycles. The SMILES string of the molecule is Cc1ccccc1-c1ccc2c(N3CCOC[C@@H]3C)nc(N3CCOC[C@@H]3C)nc2n1. The van der Waals surface area contributed by atoms with Crippen LogP contribution in [0.5, 0.6) is 0 Å². The number of aromatic nitrogens is 3. The molecule has 162 valence electrons. The van der Waals surface area contributed by atoms with E-state index in [1.807, 2.05) is 0 Å². The largest absolute Gasteiger partial charge is 0.377 e. The van der Waals surface area contributed by atoms with Crippen molar-refractivity contribution in [2.45, 2.75) is 32.9 Å². The highest BCUT2D eigenvalue weighted by Gasteiger charge is 2.27. The van der Waals surface area contributed by atoms with E-state index in [1.165, 1.54) is 5.56 Å². The molecular weight excluding hydrogens is 390 g/mol. The normalized spacial score (nSPS) is 22.2. The molecule has 1 aromatic carbocycles. The van der Waals surface area contributed by atoms with Gasteiger partial charge in [-0.1, -0.05) is 24.3 Å². The van der Waals surface area contributed by atoms with E-state index in [2.05, 4.69) is 67.0 Å². The summed E-state index contributed by atoms with van der Waals surface area (Å²) in [6.45, 7) is 10.8. The average molecular weight is 420 g/mol. The van der Waals surface area contributed by atoms with Crippen molar-refractivity contribution < 1.29 is 9.47 Å². The predicted octanol–water partition coefficient (Wildman–Crippen LogP) is 3.45. The highest BCUT2D eigenvalue weighted by Crippen LogP contribution is 2.31. The van der Waals surface area contributed by atoms with Crippen LogP contribution in [-0.2, 0) is 9.47 Å². The summed E-state index contributed by atoms with van der Waals surface area (Å²) in [5.74, 6) is 1.67. The minimum absolute atomic E-state index is 0.223. The zero-order valence-corrected chi connectivity index (χ0v) is 18.4. The van der Waals surface area contributed by atoms with Crippen LogP contribution in [0, 0.1) is 6.92 Å². The molecule has 0 spiro atoms. The molecule has 2 aliphatic rings. The molecule has 7 nitrogen and oxygen atoms in total. The van der Waals surface area contributed by atoms with Crippen LogP contribution in [-0.4, -0.2) is 66.6 Å². The Morgan fingerprint density at radius 2 is 1.55 bits per heavy atom. The van der Waals surface area contributed by atoms with Gasteiger partial charge in [-0.05, 0) is 38.5 Å². The van der Waals surface area contributed by atoms with Crippen molar-refractivity contribution in [2.24, 2.45) is 0 Å². The quantitative estimate of drug-likeness (QED) is 0.644. The standard InChI is InChI=1S/C24H29N5O2/c1-16-6-4-5-7-19(16)21-9-8-20-22(25-21)26-24(29-11-13-31-15-18(29)3)27-23(20)28-10-12-30-14-17(28)2/h4-9,17-18H,10-15H2,1-3H3/t17-,18-/m0/s1. The van der Waals surface area contributed by atoms with Gasteiger partial charge in [0, 0.05) is 18.7 Å². The van der Waals surface area contributed by atoms with Gasteiger partial charge in [0.2, 0.25) is 5.95 Å². The van der Waals surface area contributed by atoms with Crippen LogP contribution >= 0.6 is 0 Å². The molecule has 0 N–H and O–H groups in total. The summed E-state index contributed by atoms with van der Waals surface area (Å²) in [6, 6.07) is 13.0. The maximum absolute atomic E-state index is 5.67. The van der Waals surface area contributed by atoms with E-state index in [9.17, 15) is 0 Å². The van der Waals surface area contributed by atoms with Gasteiger partial charge < -0.3 is 19.3 Å². The second kappa shape index (κ2) is 8.40. The lowest BCUT2D eigenvalue weighted by molar-refractivity contribution is 0.0973. The Kier molecular flexibility index (Phi) is 5.46. The van der Waals surface area contributed by atoms with Crippen molar-refractivity contribution in [3.05, 3.63) is 42.0 Å². The molecule has 0 radical (unpaired) electrons. The zero-order chi connectivity index (χ0) is 21.4. The number of benzene rings is 1. The Hall–Kier alpha value is -2.77. The summed E-state index contributed by atoms with van der Waals surface area (Å²) in [6.07, 6.45) is 0. The summed E-state index contributed by atoms with van der Waals surface area (Å²) >= 11 is 0. The van der Waals surface area contributed by atoms with Crippen LogP contribution in [0.2, 0.25) is 0 Å². The molecular formula is C24H29N5O2. The van der Waals surface area contributed by atoms with Gasteiger partial charge in [0.1, 0.15) is 5.82 Å². The zero-order valence-electron chi connectivity index (χ0n) is 18.4. The fraction of sp³-hybridized carbons (Fsp3) is 0.458. The Bertz CT molecular complexity index is 1090. The molecule has 2 fully saturated rings. The fourth-order valence-electron chi connectivity index (χ4n) is 4.41. The van der Waals surface area contributed by atoms with Crippen LogP contribution in [0.4, 0.5) is 11.8 Å².